The van der Waals surface area contributed by atoms with Crippen molar-refractivity contribution in [3.05, 3.63) is 106 Å². The van der Waals surface area contributed by atoms with Gasteiger partial charge in [0, 0.05) is 16.8 Å². The van der Waals surface area contributed by atoms with Gasteiger partial charge >= 0.3 is 0 Å². The van der Waals surface area contributed by atoms with Crippen LogP contribution >= 0.6 is 0 Å². The molecule has 1 heterocycles. The molecule has 5 nitrogen and oxygen atoms in total. The number of hydrogen-bond donors (Lipinski definition) is 1. The summed E-state index contributed by atoms with van der Waals surface area (Å²) in [4.78, 5) is 18.9. The molecule has 4 rings (SSSR count). The zero-order valence-electron chi connectivity index (χ0n) is 15.2. The Kier molecular flexibility index (Phi) is 5.06. The van der Waals surface area contributed by atoms with Gasteiger partial charge in [-0.05, 0) is 29.2 Å². The largest absolute Gasteiger partial charge is 0.354 e. The summed E-state index contributed by atoms with van der Waals surface area (Å²) in [5.41, 5.74) is 5.42. The minimum atomic E-state index is -0.727. The highest BCUT2D eigenvalue weighted by atomic mass is 16.9. The summed E-state index contributed by atoms with van der Waals surface area (Å²) in [7, 11) is 0. The number of nitrogens with zero attached hydrogens (tertiary/aromatic N) is 1. The van der Waals surface area contributed by atoms with E-state index in [0.717, 1.165) is 33.3 Å². The van der Waals surface area contributed by atoms with E-state index in [1.54, 1.807) is 0 Å². The fourth-order valence-corrected chi connectivity index (χ4v) is 3.77. The number of benzene rings is 3. The third-order valence-electron chi connectivity index (χ3n) is 4.96. The maximum Gasteiger partial charge on any atom is 0.294 e. The number of aromatic nitrogens is 1. The quantitative estimate of drug-likeness (QED) is 0.341. The van der Waals surface area contributed by atoms with Gasteiger partial charge in [0.1, 0.15) is 0 Å². The summed E-state index contributed by atoms with van der Waals surface area (Å²) < 4.78 is 0. The summed E-state index contributed by atoms with van der Waals surface area (Å²) >= 11 is 0. The number of para-hydroxylation sites is 1. The number of rotatable bonds is 7. The lowest BCUT2D eigenvalue weighted by Gasteiger charge is -2.19. The first-order valence-electron chi connectivity index (χ1n) is 9.22. The third-order valence-corrected chi connectivity index (χ3v) is 4.96. The molecule has 0 aliphatic carbocycles. The molecule has 0 fully saturated rings. The molecule has 0 aliphatic heterocycles. The molecule has 28 heavy (non-hydrogen) atoms. The highest BCUT2D eigenvalue weighted by Gasteiger charge is 2.23. The molecule has 5 heteroatoms. The molecular formula is C23H20N2O3. The van der Waals surface area contributed by atoms with E-state index in [9.17, 15) is 10.1 Å². The smallest absolute Gasteiger partial charge is 0.294 e. The van der Waals surface area contributed by atoms with Crippen molar-refractivity contribution in [2.45, 2.75) is 12.3 Å². The van der Waals surface area contributed by atoms with Gasteiger partial charge in [0.25, 0.3) is 5.09 Å². The SMILES string of the molecule is O=[N+]([O-])OCCC(c1ccccc1)c1c(-c2ccccc2)[nH]c2ccccc12. The van der Waals surface area contributed by atoms with Crippen molar-refractivity contribution in [2.75, 3.05) is 6.61 Å². The number of hydrogen-bond acceptors (Lipinski definition) is 3. The topological polar surface area (TPSA) is 68.2 Å². The van der Waals surface area contributed by atoms with Gasteiger partial charge < -0.3 is 9.82 Å². The van der Waals surface area contributed by atoms with Crippen LogP contribution in [-0.2, 0) is 4.84 Å². The van der Waals surface area contributed by atoms with Gasteiger partial charge in [-0.1, -0.05) is 78.9 Å². The molecule has 4 aromatic rings. The van der Waals surface area contributed by atoms with Crippen LogP contribution in [0, 0.1) is 10.1 Å². The molecule has 0 radical (unpaired) electrons. The van der Waals surface area contributed by atoms with Crippen molar-refractivity contribution in [3.8, 4) is 11.3 Å². The summed E-state index contributed by atoms with van der Waals surface area (Å²) in [6.45, 7) is 0.0420. The molecule has 0 bridgehead atoms. The predicted molar refractivity (Wildman–Crippen MR) is 110 cm³/mol. The molecular weight excluding hydrogens is 352 g/mol. The number of aromatic amines is 1. The fraction of sp³-hybridized carbons (Fsp3) is 0.130. The third kappa shape index (κ3) is 3.60. The van der Waals surface area contributed by atoms with Gasteiger partial charge in [0.15, 0.2) is 0 Å². The highest BCUT2D eigenvalue weighted by molar-refractivity contribution is 5.92. The Labute approximate surface area is 162 Å². The molecule has 0 spiro atoms. The van der Waals surface area contributed by atoms with Crippen LogP contribution in [-0.4, -0.2) is 16.7 Å². The lowest BCUT2D eigenvalue weighted by molar-refractivity contribution is -0.757. The lowest BCUT2D eigenvalue weighted by atomic mass is 9.85. The van der Waals surface area contributed by atoms with Gasteiger partial charge in [0.2, 0.25) is 0 Å². The molecule has 0 amide bonds. The molecule has 3 aromatic carbocycles. The predicted octanol–water partition coefficient (Wildman–Crippen LogP) is 5.57. The normalized spacial score (nSPS) is 12.0. The second kappa shape index (κ2) is 7.96. The van der Waals surface area contributed by atoms with Gasteiger partial charge in [-0.15, -0.1) is 10.1 Å². The minimum absolute atomic E-state index is 0.0347. The van der Waals surface area contributed by atoms with E-state index >= 15 is 0 Å². The second-order valence-electron chi connectivity index (χ2n) is 6.63. The Morgan fingerprint density at radius 1 is 0.893 bits per heavy atom. The molecule has 140 valence electrons. The highest BCUT2D eigenvalue weighted by Crippen LogP contribution is 2.40. The standard InChI is InChI=1S/C23H20N2O3/c26-25(27)28-16-15-19(17-9-3-1-4-10-17)22-20-13-7-8-14-21(20)24-23(22)18-11-5-2-6-12-18/h1-14,19,24H,15-16H2. The van der Waals surface area contributed by atoms with E-state index in [1.165, 1.54) is 0 Å². The van der Waals surface area contributed by atoms with Crippen LogP contribution in [0.3, 0.4) is 0 Å². The first-order chi connectivity index (χ1) is 13.7. The Balaban J connectivity index is 1.88. The summed E-state index contributed by atoms with van der Waals surface area (Å²) in [6, 6.07) is 28.4. The summed E-state index contributed by atoms with van der Waals surface area (Å²) in [5, 5.41) is 11.1. The van der Waals surface area contributed by atoms with Gasteiger partial charge in [-0.3, -0.25) is 0 Å². The van der Waals surface area contributed by atoms with Crippen LogP contribution in [0.5, 0.6) is 0 Å². The van der Waals surface area contributed by atoms with Crippen LogP contribution in [0.25, 0.3) is 22.2 Å². The van der Waals surface area contributed by atoms with Crippen LogP contribution in [0.2, 0.25) is 0 Å². The fourth-order valence-electron chi connectivity index (χ4n) is 3.77. The van der Waals surface area contributed by atoms with E-state index in [2.05, 4.69) is 46.2 Å². The van der Waals surface area contributed by atoms with Crippen LogP contribution in [0.15, 0.2) is 84.9 Å². The van der Waals surface area contributed by atoms with Crippen molar-refractivity contribution in [2.24, 2.45) is 0 Å². The first kappa shape index (κ1) is 17.8. The van der Waals surface area contributed by atoms with E-state index in [-0.39, 0.29) is 12.5 Å². The molecule has 1 atom stereocenters. The Morgan fingerprint density at radius 2 is 1.54 bits per heavy atom. The van der Waals surface area contributed by atoms with Crippen molar-refractivity contribution < 1.29 is 9.92 Å². The second-order valence-corrected chi connectivity index (χ2v) is 6.63. The van der Waals surface area contributed by atoms with Crippen molar-refractivity contribution >= 4 is 10.9 Å². The Bertz CT molecular complexity index is 1070. The summed E-state index contributed by atoms with van der Waals surface area (Å²) in [6.07, 6.45) is 0.507. The minimum Gasteiger partial charge on any atom is -0.354 e. The van der Waals surface area contributed by atoms with Crippen LogP contribution in [0.1, 0.15) is 23.5 Å². The summed E-state index contributed by atoms with van der Waals surface area (Å²) in [5.74, 6) is -0.0347. The van der Waals surface area contributed by atoms with Crippen LogP contribution < -0.4 is 0 Å². The molecule has 0 aliphatic rings. The van der Waals surface area contributed by atoms with E-state index in [1.807, 2.05) is 48.5 Å². The van der Waals surface area contributed by atoms with Crippen molar-refractivity contribution in [3.63, 3.8) is 0 Å². The van der Waals surface area contributed by atoms with Crippen molar-refractivity contribution in [1.29, 1.82) is 0 Å². The number of fused-ring (bicyclic) bond motifs is 1. The molecule has 1 unspecified atom stereocenters. The van der Waals surface area contributed by atoms with Gasteiger partial charge in [0.05, 0.1) is 12.3 Å². The molecule has 0 saturated heterocycles. The number of H-pyrrole nitrogens is 1. The Morgan fingerprint density at radius 3 is 2.25 bits per heavy atom. The molecule has 0 saturated carbocycles. The first-order valence-corrected chi connectivity index (χ1v) is 9.22. The van der Waals surface area contributed by atoms with Gasteiger partial charge in [-0.25, -0.2) is 0 Å². The van der Waals surface area contributed by atoms with Crippen molar-refractivity contribution in [1.82, 2.24) is 4.98 Å². The molecule has 1 aromatic heterocycles. The lowest BCUT2D eigenvalue weighted by Crippen LogP contribution is -2.09. The van der Waals surface area contributed by atoms with E-state index in [4.69, 9.17) is 0 Å². The average Bonchev–Trinajstić information content (AvgIpc) is 3.12. The number of nitrogens with one attached hydrogen (secondary N) is 1. The Hall–Kier alpha value is -3.60. The van der Waals surface area contributed by atoms with Gasteiger partial charge in [-0.2, -0.15) is 0 Å². The maximum atomic E-state index is 10.7. The van der Waals surface area contributed by atoms with E-state index in [0.29, 0.717) is 6.42 Å². The molecule has 1 N–H and O–H groups in total. The monoisotopic (exact) mass is 372 g/mol. The zero-order chi connectivity index (χ0) is 19.3. The average molecular weight is 372 g/mol. The zero-order valence-corrected chi connectivity index (χ0v) is 15.2. The maximum absolute atomic E-state index is 10.7. The van der Waals surface area contributed by atoms with Crippen LogP contribution in [0.4, 0.5) is 0 Å². The van der Waals surface area contributed by atoms with E-state index < -0.39 is 5.09 Å².